The van der Waals surface area contributed by atoms with E-state index in [2.05, 4.69) is 16.8 Å². The smallest absolute Gasteiger partial charge is 0.336 e. The molecular formula is C46H48N2O9. The largest absolute Gasteiger partial charge is 0.494 e. The van der Waals surface area contributed by atoms with Gasteiger partial charge in [-0.05, 0) is 118 Å². The number of benzene rings is 4. The van der Waals surface area contributed by atoms with Gasteiger partial charge in [-0.2, -0.15) is 10.2 Å². The predicted octanol–water partition coefficient (Wildman–Crippen LogP) is 9.15. The van der Waals surface area contributed by atoms with Crippen LogP contribution < -0.4 is 23.7 Å². The van der Waals surface area contributed by atoms with Gasteiger partial charge < -0.3 is 28.4 Å². The van der Waals surface area contributed by atoms with Crippen molar-refractivity contribution < 1.29 is 42.8 Å². The lowest BCUT2D eigenvalue weighted by molar-refractivity contribution is -0.138. The van der Waals surface area contributed by atoms with Gasteiger partial charge in [-0.3, -0.25) is 0 Å². The standard InChI is InChI=1S/C46H48N2O9/c1-7-44(49)55-29-11-9-8-10-28-54-39-22-16-36(17-23-39)19-27-46(51)57-41-25-21-38(31-43(41)53-6)34(4)48-47-33(3)37-20-24-40(42(30-37)52-5)56-45(50)26-18-35-14-12-32(2)13-15-35/h7,12-27,30-31H,1,8-11,28-29H2,2-6H3/b26-18+,27-19+,47-33+,48-34+. The third-order valence-corrected chi connectivity index (χ3v) is 8.43. The lowest BCUT2D eigenvalue weighted by Gasteiger charge is -2.10. The first-order chi connectivity index (χ1) is 27.6. The molecule has 0 N–H and O–H groups in total. The quantitative estimate of drug-likeness (QED) is 0.0216. The molecule has 0 bridgehead atoms. The van der Waals surface area contributed by atoms with E-state index in [0.717, 1.165) is 59.8 Å². The molecule has 4 rings (SSSR count). The predicted molar refractivity (Wildman–Crippen MR) is 222 cm³/mol. The Hall–Kier alpha value is -6.75. The summed E-state index contributed by atoms with van der Waals surface area (Å²) < 4.78 is 32.8. The van der Waals surface area contributed by atoms with E-state index in [0.29, 0.717) is 41.7 Å². The molecule has 296 valence electrons. The fourth-order valence-electron chi connectivity index (χ4n) is 5.16. The molecule has 57 heavy (non-hydrogen) atoms. The lowest BCUT2D eigenvalue weighted by Crippen LogP contribution is -2.06. The number of carbonyl (C=O) groups is 3. The third-order valence-electron chi connectivity index (χ3n) is 8.43. The number of hydrogen-bond acceptors (Lipinski definition) is 11. The average molecular weight is 773 g/mol. The van der Waals surface area contributed by atoms with Crippen molar-refractivity contribution in [1.82, 2.24) is 0 Å². The van der Waals surface area contributed by atoms with E-state index >= 15 is 0 Å². The molecule has 0 atom stereocenters. The highest BCUT2D eigenvalue weighted by molar-refractivity contribution is 6.02. The first-order valence-corrected chi connectivity index (χ1v) is 18.4. The number of ether oxygens (including phenoxy) is 6. The van der Waals surface area contributed by atoms with Crippen LogP contribution in [0.15, 0.2) is 120 Å². The Morgan fingerprint density at radius 1 is 0.596 bits per heavy atom. The number of nitrogens with zero attached hydrogens (tertiary/aromatic N) is 2. The second-order valence-corrected chi connectivity index (χ2v) is 12.7. The summed E-state index contributed by atoms with van der Waals surface area (Å²) in [6.07, 6.45) is 10.8. The summed E-state index contributed by atoms with van der Waals surface area (Å²) in [5.74, 6) is 0.487. The molecule has 0 saturated heterocycles. The number of methoxy groups -OCH3 is 2. The van der Waals surface area contributed by atoms with E-state index < -0.39 is 17.9 Å². The van der Waals surface area contributed by atoms with Gasteiger partial charge in [-0.15, -0.1) is 0 Å². The number of esters is 3. The molecule has 0 spiro atoms. The van der Waals surface area contributed by atoms with Crippen LogP contribution >= 0.6 is 0 Å². The molecule has 0 fully saturated rings. The topological polar surface area (TPSA) is 131 Å². The second kappa shape index (κ2) is 22.6. The molecular weight excluding hydrogens is 725 g/mol. The molecule has 0 unspecified atom stereocenters. The minimum atomic E-state index is -0.568. The zero-order valence-corrected chi connectivity index (χ0v) is 33.0. The fraction of sp³-hybridized carbons (Fsp3) is 0.239. The van der Waals surface area contributed by atoms with Crippen LogP contribution in [0.4, 0.5) is 0 Å². The molecule has 0 aliphatic heterocycles. The van der Waals surface area contributed by atoms with Gasteiger partial charge in [0.15, 0.2) is 23.0 Å². The maximum atomic E-state index is 12.7. The summed E-state index contributed by atoms with van der Waals surface area (Å²) in [4.78, 5) is 36.2. The summed E-state index contributed by atoms with van der Waals surface area (Å²) in [6.45, 7) is 9.96. The van der Waals surface area contributed by atoms with Crippen molar-refractivity contribution in [1.29, 1.82) is 0 Å². The molecule has 0 saturated carbocycles. The van der Waals surface area contributed by atoms with Gasteiger partial charge in [0.2, 0.25) is 0 Å². The molecule has 0 aliphatic rings. The number of rotatable bonds is 20. The SMILES string of the molecule is C=CC(=O)OCCCCCCOc1ccc(/C=C/C(=O)Oc2ccc(/C(C)=N/N=C(\C)c3ccc(OC(=O)/C=C/c4ccc(C)cc4)c(OC)c3)cc2OC)cc1. The molecule has 4 aromatic carbocycles. The van der Waals surface area contributed by atoms with Crippen molar-refractivity contribution in [3.8, 4) is 28.7 Å². The van der Waals surface area contributed by atoms with Gasteiger partial charge in [0, 0.05) is 29.4 Å². The number of aryl methyl sites for hydroxylation is 1. The second-order valence-electron chi connectivity index (χ2n) is 12.7. The van der Waals surface area contributed by atoms with Crippen molar-refractivity contribution in [2.75, 3.05) is 27.4 Å². The zero-order valence-electron chi connectivity index (χ0n) is 33.0. The Morgan fingerprint density at radius 3 is 1.54 bits per heavy atom. The number of unbranched alkanes of at least 4 members (excludes halogenated alkanes) is 3. The normalized spacial score (nSPS) is 11.7. The van der Waals surface area contributed by atoms with E-state index in [9.17, 15) is 14.4 Å². The summed E-state index contributed by atoms with van der Waals surface area (Å²) in [7, 11) is 2.99. The van der Waals surface area contributed by atoms with Gasteiger partial charge >= 0.3 is 17.9 Å². The average Bonchev–Trinajstić information content (AvgIpc) is 3.23. The van der Waals surface area contributed by atoms with Crippen molar-refractivity contribution >= 4 is 41.5 Å². The lowest BCUT2D eigenvalue weighted by atomic mass is 10.1. The first kappa shape index (κ1) is 43.0. The zero-order chi connectivity index (χ0) is 41.0. The van der Waals surface area contributed by atoms with Crippen LogP contribution in [0.3, 0.4) is 0 Å². The van der Waals surface area contributed by atoms with Crippen LogP contribution in [-0.2, 0) is 19.1 Å². The van der Waals surface area contributed by atoms with Crippen molar-refractivity contribution in [3.63, 3.8) is 0 Å². The summed E-state index contributed by atoms with van der Waals surface area (Å²) >= 11 is 0. The maximum absolute atomic E-state index is 12.7. The van der Waals surface area contributed by atoms with Gasteiger partial charge in [0.1, 0.15) is 5.75 Å². The molecule has 0 aliphatic carbocycles. The Balaban J connectivity index is 1.28. The van der Waals surface area contributed by atoms with Crippen LogP contribution in [0.5, 0.6) is 28.7 Å². The number of hydrogen-bond donors (Lipinski definition) is 0. The van der Waals surface area contributed by atoms with E-state index in [-0.39, 0.29) is 11.5 Å². The monoisotopic (exact) mass is 772 g/mol. The van der Waals surface area contributed by atoms with Gasteiger partial charge in [0.05, 0.1) is 38.9 Å². The molecule has 4 aromatic rings. The highest BCUT2D eigenvalue weighted by atomic mass is 16.6. The Labute approximate surface area is 333 Å². The summed E-state index contributed by atoms with van der Waals surface area (Å²) in [5.41, 5.74) is 5.46. The Morgan fingerprint density at radius 2 is 1.07 bits per heavy atom. The first-order valence-electron chi connectivity index (χ1n) is 18.4. The van der Waals surface area contributed by atoms with Gasteiger partial charge in [-0.1, -0.05) is 48.5 Å². The molecule has 0 radical (unpaired) electrons. The van der Waals surface area contributed by atoms with Crippen LogP contribution in [0, 0.1) is 6.92 Å². The van der Waals surface area contributed by atoms with E-state index in [1.165, 1.54) is 26.4 Å². The van der Waals surface area contributed by atoms with Gasteiger partial charge in [-0.25, -0.2) is 14.4 Å². The molecule has 0 amide bonds. The molecule has 11 heteroatoms. The van der Waals surface area contributed by atoms with Crippen LogP contribution in [0.25, 0.3) is 12.2 Å². The van der Waals surface area contributed by atoms with Crippen molar-refractivity contribution in [2.45, 2.75) is 46.5 Å². The van der Waals surface area contributed by atoms with Crippen molar-refractivity contribution in [2.24, 2.45) is 10.2 Å². The minimum Gasteiger partial charge on any atom is -0.494 e. The fourth-order valence-corrected chi connectivity index (χ4v) is 5.16. The maximum Gasteiger partial charge on any atom is 0.336 e. The highest BCUT2D eigenvalue weighted by Gasteiger charge is 2.13. The van der Waals surface area contributed by atoms with Gasteiger partial charge in [0.25, 0.3) is 0 Å². The Bertz CT molecular complexity index is 2110. The molecule has 0 heterocycles. The van der Waals surface area contributed by atoms with Crippen LogP contribution in [-0.4, -0.2) is 56.8 Å². The summed E-state index contributed by atoms with van der Waals surface area (Å²) in [6, 6.07) is 25.4. The van der Waals surface area contributed by atoms with E-state index in [4.69, 9.17) is 28.4 Å². The third kappa shape index (κ3) is 14.4. The van der Waals surface area contributed by atoms with E-state index in [1.807, 2.05) is 55.5 Å². The molecule has 11 nitrogen and oxygen atoms in total. The molecule has 0 aromatic heterocycles. The number of carbonyl (C=O) groups excluding carboxylic acids is 3. The minimum absolute atomic E-state index is 0.253. The van der Waals surface area contributed by atoms with E-state index in [1.54, 1.807) is 62.4 Å². The highest BCUT2D eigenvalue weighted by Crippen LogP contribution is 2.30. The summed E-state index contributed by atoms with van der Waals surface area (Å²) in [5, 5.41) is 8.80. The Kier molecular flexibility index (Phi) is 17.0. The van der Waals surface area contributed by atoms with Crippen LogP contribution in [0.2, 0.25) is 0 Å². The van der Waals surface area contributed by atoms with Crippen LogP contribution in [0.1, 0.15) is 67.3 Å². The van der Waals surface area contributed by atoms with Crippen molar-refractivity contribution in [3.05, 3.63) is 138 Å².